The highest BCUT2D eigenvalue weighted by atomic mass is 35.5. The molecule has 1 N–H and O–H groups in total. The second-order valence-corrected chi connectivity index (χ2v) is 5.86. The maximum absolute atomic E-state index is 13.3. The highest BCUT2D eigenvalue weighted by Crippen LogP contribution is 2.23. The minimum atomic E-state index is -0.362. The van der Waals surface area contributed by atoms with E-state index in [-0.39, 0.29) is 16.2 Å². The van der Waals surface area contributed by atoms with Crippen LogP contribution in [0.2, 0.25) is 5.02 Å². The maximum Gasteiger partial charge on any atom is 0.142 e. The standard InChI is InChI=1S/C14H18Cl2FN/c15-11-7-6-10(8-13(11)17)9-18-14-5-3-1-2-4-12(14)16/h6-8,12,14,18H,1-5,9H2. The van der Waals surface area contributed by atoms with Crippen LogP contribution >= 0.6 is 23.2 Å². The number of hydrogen-bond acceptors (Lipinski definition) is 1. The number of alkyl halides is 1. The van der Waals surface area contributed by atoms with E-state index in [9.17, 15) is 4.39 Å². The van der Waals surface area contributed by atoms with Gasteiger partial charge < -0.3 is 5.32 Å². The summed E-state index contributed by atoms with van der Waals surface area (Å²) in [7, 11) is 0. The Hall–Kier alpha value is -0.310. The summed E-state index contributed by atoms with van der Waals surface area (Å²) >= 11 is 12.0. The molecule has 0 radical (unpaired) electrons. The Bertz CT molecular complexity index is 397. The predicted octanol–water partition coefficient (Wildman–Crippen LogP) is 4.51. The van der Waals surface area contributed by atoms with Crippen molar-refractivity contribution in [3.8, 4) is 0 Å². The van der Waals surface area contributed by atoms with Gasteiger partial charge in [-0.15, -0.1) is 11.6 Å². The van der Waals surface area contributed by atoms with E-state index in [1.54, 1.807) is 6.07 Å². The van der Waals surface area contributed by atoms with Gasteiger partial charge in [-0.2, -0.15) is 0 Å². The second kappa shape index (κ2) is 6.74. The van der Waals surface area contributed by atoms with Crippen molar-refractivity contribution in [3.63, 3.8) is 0 Å². The van der Waals surface area contributed by atoms with Crippen molar-refractivity contribution in [1.82, 2.24) is 5.32 Å². The first-order valence-electron chi connectivity index (χ1n) is 6.48. The predicted molar refractivity (Wildman–Crippen MR) is 74.8 cm³/mol. The van der Waals surface area contributed by atoms with E-state index < -0.39 is 0 Å². The molecular formula is C14H18Cl2FN. The van der Waals surface area contributed by atoms with Gasteiger partial charge in [0.25, 0.3) is 0 Å². The van der Waals surface area contributed by atoms with Crippen LogP contribution in [0.4, 0.5) is 4.39 Å². The van der Waals surface area contributed by atoms with E-state index in [2.05, 4.69) is 5.32 Å². The molecule has 0 bridgehead atoms. The fourth-order valence-corrected chi connectivity index (χ4v) is 2.88. The van der Waals surface area contributed by atoms with Gasteiger partial charge in [0, 0.05) is 18.0 Å². The summed E-state index contributed by atoms with van der Waals surface area (Å²) in [5.41, 5.74) is 0.907. The molecule has 100 valence electrons. The molecule has 1 saturated carbocycles. The van der Waals surface area contributed by atoms with Crippen molar-refractivity contribution in [3.05, 3.63) is 34.6 Å². The summed E-state index contributed by atoms with van der Waals surface area (Å²) in [6, 6.07) is 5.25. The van der Waals surface area contributed by atoms with Gasteiger partial charge in [0.05, 0.1) is 5.02 Å². The Balaban J connectivity index is 1.91. The van der Waals surface area contributed by atoms with Crippen LogP contribution < -0.4 is 5.32 Å². The molecule has 4 heteroatoms. The van der Waals surface area contributed by atoms with Gasteiger partial charge >= 0.3 is 0 Å². The molecule has 1 aromatic rings. The molecule has 0 spiro atoms. The first-order chi connectivity index (χ1) is 8.66. The zero-order valence-corrected chi connectivity index (χ0v) is 11.8. The summed E-state index contributed by atoms with van der Waals surface area (Å²) in [6.45, 7) is 0.641. The Morgan fingerprint density at radius 2 is 2.00 bits per heavy atom. The molecule has 0 saturated heterocycles. The molecule has 1 aliphatic rings. The topological polar surface area (TPSA) is 12.0 Å². The molecule has 0 amide bonds. The van der Waals surface area contributed by atoms with Crippen LogP contribution in [0.1, 0.15) is 37.7 Å². The molecule has 1 aromatic carbocycles. The van der Waals surface area contributed by atoms with Crippen LogP contribution in [-0.4, -0.2) is 11.4 Å². The lowest BCUT2D eigenvalue weighted by Gasteiger charge is -2.21. The van der Waals surface area contributed by atoms with Crippen LogP contribution in [0, 0.1) is 5.82 Å². The smallest absolute Gasteiger partial charge is 0.142 e. The molecule has 0 aromatic heterocycles. The summed E-state index contributed by atoms with van der Waals surface area (Å²) in [5, 5.41) is 3.79. The third kappa shape index (κ3) is 3.84. The van der Waals surface area contributed by atoms with Crippen LogP contribution in [0.3, 0.4) is 0 Å². The number of rotatable bonds is 3. The quantitative estimate of drug-likeness (QED) is 0.638. The van der Waals surface area contributed by atoms with E-state index >= 15 is 0 Å². The number of benzene rings is 1. The average Bonchev–Trinajstić information content (AvgIpc) is 2.56. The molecule has 18 heavy (non-hydrogen) atoms. The highest BCUT2D eigenvalue weighted by molar-refractivity contribution is 6.30. The third-order valence-electron chi connectivity index (χ3n) is 3.48. The van der Waals surface area contributed by atoms with E-state index in [0.29, 0.717) is 12.6 Å². The molecule has 2 unspecified atom stereocenters. The number of nitrogens with one attached hydrogen (secondary N) is 1. The fraction of sp³-hybridized carbons (Fsp3) is 0.571. The largest absolute Gasteiger partial charge is 0.308 e. The first kappa shape index (κ1) is 14.1. The molecule has 2 rings (SSSR count). The lowest BCUT2D eigenvalue weighted by Crippen LogP contribution is -2.35. The summed E-state index contributed by atoms with van der Waals surface area (Å²) in [4.78, 5) is 0. The zero-order valence-electron chi connectivity index (χ0n) is 10.3. The minimum absolute atomic E-state index is 0.170. The molecule has 1 nitrogen and oxygen atoms in total. The van der Waals surface area contributed by atoms with Crippen LogP contribution in [-0.2, 0) is 6.54 Å². The van der Waals surface area contributed by atoms with Gasteiger partial charge in [0.2, 0.25) is 0 Å². The Kier molecular flexibility index (Phi) is 5.28. The van der Waals surface area contributed by atoms with Crippen LogP contribution in [0.5, 0.6) is 0 Å². The fourth-order valence-electron chi connectivity index (χ4n) is 2.39. The van der Waals surface area contributed by atoms with Gasteiger partial charge in [0.1, 0.15) is 5.82 Å². The number of hydrogen-bond donors (Lipinski definition) is 1. The van der Waals surface area contributed by atoms with E-state index in [0.717, 1.165) is 18.4 Å². The lowest BCUT2D eigenvalue weighted by atomic mass is 10.1. The van der Waals surface area contributed by atoms with Crippen molar-refractivity contribution in [2.24, 2.45) is 0 Å². The lowest BCUT2D eigenvalue weighted by molar-refractivity contribution is 0.464. The van der Waals surface area contributed by atoms with Gasteiger partial charge in [-0.05, 0) is 30.5 Å². The Morgan fingerprint density at radius 3 is 2.78 bits per heavy atom. The first-order valence-corrected chi connectivity index (χ1v) is 7.29. The molecular weight excluding hydrogens is 272 g/mol. The molecule has 0 heterocycles. The SMILES string of the molecule is Fc1cc(CNC2CCCCCC2Cl)ccc1Cl. The second-order valence-electron chi connectivity index (χ2n) is 4.89. The monoisotopic (exact) mass is 289 g/mol. The zero-order chi connectivity index (χ0) is 13.0. The van der Waals surface area contributed by atoms with E-state index in [1.807, 2.05) is 6.07 Å². The Morgan fingerprint density at radius 1 is 1.22 bits per heavy atom. The van der Waals surface area contributed by atoms with Crippen LogP contribution in [0.15, 0.2) is 18.2 Å². The van der Waals surface area contributed by atoms with Gasteiger partial charge in [-0.25, -0.2) is 4.39 Å². The van der Waals surface area contributed by atoms with Crippen molar-refractivity contribution in [1.29, 1.82) is 0 Å². The maximum atomic E-state index is 13.3. The molecule has 2 atom stereocenters. The van der Waals surface area contributed by atoms with E-state index in [1.165, 1.54) is 25.3 Å². The van der Waals surface area contributed by atoms with Crippen molar-refractivity contribution >= 4 is 23.2 Å². The Labute approximate surface area is 118 Å². The molecule has 1 fully saturated rings. The summed E-state index contributed by atoms with van der Waals surface area (Å²) < 4.78 is 13.3. The van der Waals surface area contributed by atoms with Crippen molar-refractivity contribution < 1.29 is 4.39 Å². The highest BCUT2D eigenvalue weighted by Gasteiger charge is 2.20. The third-order valence-corrected chi connectivity index (χ3v) is 4.31. The summed E-state index contributed by atoms with van der Waals surface area (Å²) in [6.07, 6.45) is 5.85. The average molecular weight is 290 g/mol. The molecule has 0 aliphatic heterocycles. The van der Waals surface area contributed by atoms with Gasteiger partial charge in [0.15, 0.2) is 0 Å². The van der Waals surface area contributed by atoms with Gasteiger partial charge in [-0.1, -0.05) is 36.9 Å². The van der Waals surface area contributed by atoms with Crippen molar-refractivity contribution in [2.75, 3.05) is 0 Å². The molecule has 1 aliphatic carbocycles. The van der Waals surface area contributed by atoms with Crippen LogP contribution in [0.25, 0.3) is 0 Å². The minimum Gasteiger partial charge on any atom is -0.308 e. The van der Waals surface area contributed by atoms with Crippen molar-refractivity contribution in [2.45, 2.75) is 50.1 Å². The normalized spacial score (nSPS) is 24.8. The van der Waals surface area contributed by atoms with Gasteiger partial charge in [-0.3, -0.25) is 0 Å². The summed E-state index contributed by atoms with van der Waals surface area (Å²) in [5.74, 6) is -0.362. The van der Waals surface area contributed by atoms with E-state index in [4.69, 9.17) is 23.2 Å². The number of halogens is 3.